The number of ether oxygens (including phenoxy) is 1. The van der Waals surface area contributed by atoms with Crippen molar-refractivity contribution in [2.24, 2.45) is 0 Å². The average Bonchev–Trinajstić information content (AvgIpc) is 2.75. The normalized spacial score (nSPS) is 18.0. The fourth-order valence-corrected chi connectivity index (χ4v) is 3.20. The lowest BCUT2D eigenvalue weighted by Gasteiger charge is -2.30. The van der Waals surface area contributed by atoms with Crippen LogP contribution in [0.25, 0.3) is 11.0 Å². The molecule has 0 saturated carbocycles. The maximum absolute atomic E-state index is 5.50. The van der Waals surface area contributed by atoms with Crippen molar-refractivity contribution < 1.29 is 4.74 Å². The molecule has 4 nitrogen and oxygen atoms in total. The zero-order valence-electron chi connectivity index (χ0n) is 11.3. The number of likely N-dealkylation sites (tertiary alicyclic amines) is 1. The minimum atomic E-state index is 0.490. The van der Waals surface area contributed by atoms with Crippen molar-refractivity contribution in [3.05, 3.63) is 23.0 Å². The van der Waals surface area contributed by atoms with E-state index in [4.69, 9.17) is 17.0 Å². The topological polar surface area (TPSA) is 33.2 Å². The number of rotatable bonds is 2. The van der Waals surface area contributed by atoms with Crippen molar-refractivity contribution in [3.8, 4) is 5.75 Å². The van der Waals surface area contributed by atoms with Gasteiger partial charge in [-0.3, -0.25) is 0 Å². The Balaban J connectivity index is 2.06. The van der Waals surface area contributed by atoms with Gasteiger partial charge in [-0.1, -0.05) is 0 Å². The molecule has 1 aromatic heterocycles. The van der Waals surface area contributed by atoms with Crippen LogP contribution in [0.4, 0.5) is 0 Å². The van der Waals surface area contributed by atoms with E-state index in [1.54, 1.807) is 7.11 Å². The van der Waals surface area contributed by atoms with Crippen LogP contribution in [0.15, 0.2) is 18.2 Å². The molecule has 0 aliphatic carbocycles. The number of hydrogen-bond acceptors (Lipinski definition) is 3. The Morgan fingerprint density at radius 1 is 1.32 bits per heavy atom. The SMILES string of the molecule is COc1ccc2[nH]c(=S)n(C3CCN(C)CC3)c2c1. The van der Waals surface area contributed by atoms with E-state index < -0.39 is 0 Å². The van der Waals surface area contributed by atoms with Crippen molar-refractivity contribution in [1.29, 1.82) is 0 Å². The standard InChI is InChI=1S/C14H19N3OS/c1-16-7-5-10(6-8-16)17-13-9-11(18-2)3-4-12(13)15-14(17)19/h3-4,9-10H,5-8H2,1-2H3,(H,15,19). The molecular formula is C14H19N3OS. The predicted octanol–water partition coefficient (Wildman–Crippen LogP) is 2.97. The van der Waals surface area contributed by atoms with E-state index in [1.165, 1.54) is 0 Å². The van der Waals surface area contributed by atoms with Gasteiger partial charge in [0.25, 0.3) is 0 Å². The van der Waals surface area contributed by atoms with Gasteiger partial charge in [0.1, 0.15) is 5.75 Å². The summed E-state index contributed by atoms with van der Waals surface area (Å²) in [6.45, 7) is 2.26. The highest BCUT2D eigenvalue weighted by Crippen LogP contribution is 2.28. The lowest BCUT2D eigenvalue weighted by atomic mass is 10.1. The van der Waals surface area contributed by atoms with Gasteiger partial charge in [0.2, 0.25) is 0 Å². The summed E-state index contributed by atoms with van der Waals surface area (Å²) in [4.78, 5) is 5.67. The molecule has 1 aliphatic rings. The molecule has 1 aromatic carbocycles. The number of H-pyrrole nitrogens is 1. The zero-order valence-corrected chi connectivity index (χ0v) is 12.2. The molecule has 1 saturated heterocycles. The first kappa shape index (κ1) is 12.7. The molecule has 1 fully saturated rings. The molecule has 0 spiro atoms. The summed E-state index contributed by atoms with van der Waals surface area (Å²) < 4.78 is 8.40. The summed E-state index contributed by atoms with van der Waals surface area (Å²) in [5.41, 5.74) is 2.24. The van der Waals surface area contributed by atoms with E-state index in [0.29, 0.717) is 6.04 Å². The molecule has 1 aliphatic heterocycles. The fraction of sp³-hybridized carbons (Fsp3) is 0.500. The van der Waals surface area contributed by atoms with Crippen LogP contribution in [0.3, 0.4) is 0 Å². The van der Waals surface area contributed by atoms with Crippen LogP contribution in [0.2, 0.25) is 0 Å². The first-order chi connectivity index (χ1) is 9.19. The summed E-state index contributed by atoms with van der Waals surface area (Å²) in [5, 5.41) is 0. The monoisotopic (exact) mass is 277 g/mol. The van der Waals surface area contributed by atoms with Crippen LogP contribution >= 0.6 is 12.2 Å². The average molecular weight is 277 g/mol. The van der Waals surface area contributed by atoms with Gasteiger partial charge in [-0.2, -0.15) is 0 Å². The van der Waals surface area contributed by atoms with Gasteiger partial charge in [0.05, 0.1) is 18.1 Å². The molecule has 2 heterocycles. The number of aromatic amines is 1. The number of imidazole rings is 1. The predicted molar refractivity (Wildman–Crippen MR) is 79.4 cm³/mol. The zero-order chi connectivity index (χ0) is 13.4. The van der Waals surface area contributed by atoms with E-state index in [1.807, 2.05) is 12.1 Å². The Hall–Kier alpha value is -1.33. The molecule has 5 heteroatoms. The first-order valence-electron chi connectivity index (χ1n) is 6.66. The molecule has 0 radical (unpaired) electrons. The summed E-state index contributed by atoms with van der Waals surface area (Å²) in [6, 6.07) is 6.56. The lowest BCUT2D eigenvalue weighted by Crippen LogP contribution is -2.31. The van der Waals surface area contributed by atoms with Gasteiger partial charge >= 0.3 is 0 Å². The molecule has 19 heavy (non-hydrogen) atoms. The van der Waals surface area contributed by atoms with Crippen molar-refractivity contribution in [3.63, 3.8) is 0 Å². The molecule has 102 valence electrons. The van der Waals surface area contributed by atoms with Crippen LogP contribution < -0.4 is 4.74 Å². The van der Waals surface area contributed by atoms with E-state index in [-0.39, 0.29) is 0 Å². The highest BCUT2D eigenvalue weighted by atomic mass is 32.1. The number of piperidine rings is 1. The Morgan fingerprint density at radius 2 is 2.05 bits per heavy atom. The maximum Gasteiger partial charge on any atom is 0.178 e. The smallest absolute Gasteiger partial charge is 0.178 e. The number of hydrogen-bond donors (Lipinski definition) is 1. The second kappa shape index (κ2) is 4.98. The summed E-state index contributed by atoms with van der Waals surface area (Å²) >= 11 is 5.50. The Morgan fingerprint density at radius 3 is 2.74 bits per heavy atom. The highest BCUT2D eigenvalue weighted by molar-refractivity contribution is 7.71. The van der Waals surface area contributed by atoms with Crippen LogP contribution in [-0.2, 0) is 0 Å². The molecule has 0 unspecified atom stereocenters. The van der Waals surface area contributed by atoms with Crippen LogP contribution in [0.5, 0.6) is 5.75 Å². The van der Waals surface area contributed by atoms with E-state index in [0.717, 1.165) is 47.5 Å². The lowest BCUT2D eigenvalue weighted by molar-refractivity contribution is 0.223. The third-order valence-electron chi connectivity index (χ3n) is 3.98. The highest BCUT2D eigenvalue weighted by Gasteiger charge is 2.20. The molecule has 0 bridgehead atoms. The van der Waals surface area contributed by atoms with Gasteiger partial charge in [0.15, 0.2) is 4.77 Å². The fourth-order valence-electron chi connectivity index (χ4n) is 2.84. The Labute approximate surface area is 118 Å². The number of aromatic nitrogens is 2. The van der Waals surface area contributed by atoms with E-state index >= 15 is 0 Å². The van der Waals surface area contributed by atoms with E-state index in [9.17, 15) is 0 Å². The Kier molecular flexibility index (Phi) is 3.33. The molecule has 0 atom stereocenters. The first-order valence-corrected chi connectivity index (χ1v) is 7.06. The second-order valence-corrected chi connectivity index (χ2v) is 5.60. The van der Waals surface area contributed by atoms with Crippen molar-refractivity contribution in [1.82, 2.24) is 14.5 Å². The van der Waals surface area contributed by atoms with Gasteiger partial charge in [-0.05, 0) is 57.3 Å². The van der Waals surface area contributed by atoms with Crippen LogP contribution in [0, 0.1) is 4.77 Å². The third kappa shape index (κ3) is 2.28. The van der Waals surface area contributed by atoms with Gasteiger partial charge in [-0.25, -0.2) is 0 Å². The minimum absolute atomic E-state index is 0.490. The number of nitrogens with zero attached hydrogens (tertiary/aromatic N) is 2. The van der Waals surface area contributed by atoms with Crippen LogP contribution in [-0.4, -0.2) is 41.7 Å². The summed E-state index contributed by atoms with van der Waals surface area (Å²) in [7, 11) is 3.87. The summed E-state index contributed by atoms with van der Waals surface area (Å²) in [6.07, 6.45) is 2.30. The third-order valence-corrected chi connectivity index (χ3v) is 4.28. The minimum Gasteiger partial charge on any atom is -0.497 e. The summed E-state index contributed by atoms with van der Waals surface area (Å²) in [5.74, 6) is 0.878. The molecule has 1 N–H and O–H groups in total. The van der Waals surface area contributed by atoms with Gasteiger partial charge < -0.3 is 19.2 Å². The van der Waals surface area contributed by atoms with Crippen molar-refractivity contribution in [2.75, 3.05) is 27.2 Å². The molecular weight excluding hydrogens is 258 g/mol. The molecule has 0 amide bonds. The molecule has 3 rings (SSSR count). The molecule has 2 aromatic rings. The number of fused-ring (bicyclic) bond motifs is 1. The van der Waals surface area contributed by atoms with Crippen molar-refractivity contribution >= 4 is 23.3 Å². The number of nitrogens with one attached hydrogen (secondary N) is 1. The quantitative estimate of drug-likeness (QED) is 0.857. The van der Waals surface area contributed by atoms with Gasteiger partial charge in [-0.15, -0.1) is 0 Å². The van der Waals surface area contributed by atoms with Crippen molar-refractivity contribution in [2.45, 2.75) is 18.9 Å². The largest absolute Gasteiger partial charge is 0.497 e. The maximum atomic E-state index is 5.50. The number of benzene rings is 1. The number of methoxy groups -OCH3 is 1. The second-order valence-electron chi connectivity index (χ2n) is 5.22. The van der Waals surface area contributed by atoms with Gasteiger partial charge in [0, 0.05) is 12.1 Å². The Bertz CT molecular complexity index is 638. The van der Waals surface area contributed by atoms with Crippen LogP contribution in [0.1, 0.15) is 18.9 Å². The van der Waals surface area contributed by atoms with E-state index in [2.05, 4.69) is 27.6 Å².